The number of piperidine rings is 1. The van der Waals surface area contributed by atoms with Crippen LogP contribution in [-0.4, -0.2) is 46.3 Å². The summed E-state index contributed by atoms with van der Waals surface area (Å²) < 4.78 is 40.5. The van der Waals surface area contributed by atoms with Crippen molar-refractivity contribution in [2.24, 2.45) is 0 Å². The minimum Gasteiger partial charge on any atom is -0.350 e. The van der Waals surface area contributed by atoms with Crippen LogP contribution in [0.25, 0.3) is 0 Å². The molecule has 0 unspecified atom stereocenters. The van der Waals surface area contributed by atoms with Gasteiger partial charge in [-0.25, -0.2) is 4.98 Å². The van der Waals surface area contributed by atoms with E-state index in [0.29, 0.717) is 25.0 Å². The number of aromatic nitrogens is 2. The predicted molar refractivity (Wildman–Crippen MR) is 105 cm³/mol. The van der Waals surface area contributed by atoms with Gasteiger partial charge in [0.05, 0.1) is 11.4 Å². The van der Waals surface area contributed by atoms with Crippen molar-refractivity contribution in [3.63, 3.8) is 0 Å². The molecule has 11 heteroatoms. The molecule has 1 atom stereocenters. The number of carbonyl (C=O) groups is 2. The van der Waals surface area contributed by atoms with Gasteiger partial charge in [0.1, 0.15) is 11.4 Å². The molecule has 1 aliphatic heterocycles. The first-order chi connectivity index (χ1) is 14.3. The first-order valence-corrected chi connectivity index (χ1v) is 9.30. The number of likely N-dealkylation sites (tertiary alicyclic amines) is 1. The third kappa shape index (κ3) is 5.37. The summed E-state index contributed by atoms with van der Waals surface area (Å²) in [5.41, 5.74) is -0.461. The molecule has 1 aromatic carbocycles. The Bertz CT molecular complexity index is 921. The number of rotatable bonds is 6. The molecule has 1 saturated heterocycles. The Labute approximate surface area is 170 Å². The molecule has 1 fully saturated rings. The molecule has 0 aliphatic carbocycles. The van der Waals surface area contributed by atoms with Gasteiger partial charge in [-0.05, 0) is 25.0 Å². The Balaban J connectivity index is 1.89. The second-order valence-electron chi connectivity index (χ2n) is 6.89. The van der Waals surface area contributed by atoms with E-state index < -0.39 is 17.6 Å². The van der Waals surface area contributed by atoms with Crippen molar-refractivity contribution in [1.82, 2.24) is 14.9 Å². The topological polar surface area (TPSA) is 99.2 Å². The number of hydrogen-bond acceptors (Lipinski definition) is 6. The van der Waals surface area contributed by atoms with Crippen LogP contribution in [0.2, 0.25) is 0 Å². The summed E-state index contributed by atoms with van der Waals surface area (Å²) in [4.78, 5) is 31.8. The van der Waals surface area contributed by atoms with Gasteiger partial charge in [-0.1, -0.05) is 12.1 Å². The molecular weight excluding hydrogens is 401 g/mol. The molecule has 3 N–H and O–H groups in total. The number of hydrogen-bond donors (Lipinski definition) is 3. The van der Waals surface area contributed by atoms with Gasteiger partial charge in [0.2, 0.25) is 18.3 Å². The normalized spacial score (nSPS) is 16.7. The molecule has 0 bridgehead atoms. The molecule has 0 spiro atoms. The van der Waals surface area contributed by atoms with Gasteiger partial charge in [-0.2, -0.15) is 18.2 Å². The minimum atomic E-state index is -4.68. The third-order valence-electron chi connectivity index (χ3n) is 4.52. The van der Waals surface area contributed by atoms with Gasteiger partial charge < -0.3 is 20.9 Å². The van der Waals surface area contributed by atoms with Crippen LogP contribution in [0.3, 0.4) is 0 Å². The monoisotopic (exact) mass is 422 g/mol. The van der Waals surface area contributed by atoms with Gasteiger partial charge >= 0.3 is 6.18 Å². The first kappa shape index (κ1) is 21.3. The van der Waals surface area contributed by atoms with E-state index in [4.69, 9.17) is 0 Å². The highest BCUT2D eigenvalue weighted by Crippen LogP contribution is 2.36. The van der Waals surface area contributed by atoms with Crippen molar-refractivity contribution >= 4 is 35.5 Å². The highest BCUT2D eigenvalue weighted by Gasteiger charge is 2.35. The number of alkyl halides is 3. The van der Waals surface area contributed by atoms with Crippen molar-refractivity contribution < 1.29 is 22.8 Å². The minimum absolute atomic E-state index is 0.0141. The lowest BCUT2D eigenvalue weighted by molar-refractivity contribution is -0.137. The zero-order chi connectivity index (χ0) is 21.7. The molecule has 1 aliphatic rings. The van der Waals surface area contributed by atoms with E-state index in [1.807, 2.05) is 0 Å². The average molecular weight is 422 g/mol. The van der Waals surface area contributed by atoms with Crippen LogP contribution >= 0.6 is 0 Å². The van der Waals surface area contributed by atoms with Crippen molar-refractivity contribution in [3.8, 4) is 0 Å². The van der Waals surface area contributed by atoms with Crippen LogP contribution < -0.4 is 16.0 Å². The maximum absolute atomic E-state index is 13.5. The van der Waals surface area contributed by atoms with Crippen LogP contribution in [0.15, 0.2) is 30.5 Å². The predicted octanol–water partition coefficient (Wildman–Crippen LogP) is 3.23. The number of nitrogens with zero attached hydrogens (tertiary/aromatic N) is 3. The van der Waals surface area contributed by atoms with E-state index >= 15 is 0 Å². The molecular formula is C19H21F3N6O2. The lowest BCUT2D eigenvalue weighted by atomic mass is 10.1. The average Bonchev–Trinajstić information content (AvgIpc) is 2.68. The van der Waals surface area contributed by atoms with Crippen molar-refractivity contribution in [3.05, 3.63) is 36.0 Å². The molecule has 2 aromatic rings. The smallest absolute Gasteiger partial charge is 0.350 e. The molecule has 160 valence electrons. The van der Waals surface area contributed by atoms with Crippen molar-refractivity contribution in [1.29, 1.82) is 0 Å². The Morgan fingerprint density at radius 1 is 1.27 bits per heavy atom. The zero-order valence-corrected chi connectivity index (χ0v) is 16.2. The summed E-state index contributed by atoms with van der Waals surface area (Å²) in [5.74, 6) is -0.788. The van der Waals surface area contributed by atoms with E-state index in [0.717, 1.165) is 19.3 Å². The van der Waals surface area contributed by atoms with Crippen LogP contribution in [0.5, 0.6) is 0 Å². The Hall–Kier alpha value is -3.37. The summed E-state index contributed by atoms with van der Waals surface area (Å²) in [6, 6.07) is 6.20. The van der Waals surface area contributed by atoms with Gasteiger partial charge in [0, 0.05) is 32.3 Å². The van der Waals surface area contributed by atoms with Crippen molar-refractivity contribution in [2.75, 3.05) is 29.0 Å². The maximum atomic E-state index is 13.5. The Morgan fingerprint density at radius 2 is 2.00 bits per heavy atom. The molecule has 3 rings (SSSR count). The van der Waals surface area contributed by atoms with Crippen LogP contribution in [0.1, 0.15) is 25.3 Å². The van der Waals surface area contributed by atoms with E-state index in [-0.39, 0.29) is 23.6 Å². The molecule has 2 heterocycles. The first-order valence-electron chi connectivity index (χ1n) is 9.30. The largest absolute Gasteiger partial charge is 0.421 e. The quantitative estimate of drug-likeness (QED) is 0.619. The highest BCUT2D eigenvalue weighted by molar-refractivity contribution is 5.93. The lowest BCUT2D eigenvalue weighted by Gasteiger charge is -2.30. The summed E-state index contributed by atoms with van der Waals surface area (Å²) in [5, 5.41) is 8.22. The number of carbonyl (C=O) groups excluding carboxylic acids is 2. The van der Waals surface area contributed by atoms with E-state index in [1.54, 1.807) is 23.1 Å². The summed E-state index contributed by atoms with van der Waals surface area (Å²) in [7, 11) is 0. The highest BCUT2D eigenvalue weighted by atomic mass is 19.4. The number of halogens is 3. The summed E-state index contributed by atoms with van der Waals surface area (Å²) in [6.07, 6.45) is -1.72. The van der Waals surface area contributed by atoms with Gasteiger partial charge in [-0.3, -0.25) is 9.59 Å². The fourth-order valence-corrected chi connectivity index (χ4v) is 3.17. The van der Waals surface area contributed by atoms with Gasteiger partial charge in [-0.15, -0.1) is 0 Å². The molecule has 0 saturated carbocycles. The van der Waals surface area contributed by atoms with E-state index in [2.05, 4.69) is 25.9 Å². The number of anilines is 4. The van der Waals surface area contributed by atoms with Crippen LogP contribution in [0.4, 0.5) is 36.3 Å². The second-order valence-corrected chi connectivity index (χ2v) is 6.89. The Kier molecular flexibility index (Phi) is 6.38. The molecule has 2 amide bonds. The van der Waals surface area contributed by atoms with Crippen LogP contribution in [-0.2, 0) is 15.8 Å². The molecule has 8 nitrogen and oxygen atoms in total. The van der Waals surface area contributed by atoms with Crippen molar-refractivity contribution in [2.45, 2.75) is 32.0 Å². The number of benzene rings is 1. The molecule has 1 aromatic heterocycles. The standard InChI is InChI=1S/C19H21F3N6O2/c1-12(30)24-15-6-2-3-7-16(15)26-17-14(19(20,21)22)9-23-18(27-17)25-13-5-4-8-28(10-13)11-29/h2-3,6-7,9,11,13H,4-5,8,10H2,1H3,(H,24,30)(H2,23,25,26,27)/t13-/m0/s1. The zero-order valence-electron chi connectivity index (χ0n) is 16.2. The fraction of sp³-hybridized carbons (Fsp3) is 0.368. The van der Waals surface area contributed by atoms with Crippen LogP contribution in [0, 0.1) is 0 Å². The maximum Gasteiger partial charge on any atom is 0.421 e. The number of para-hydroxylation sites is 2. The summed E-state index contributed by atoms with van der Waals surface area (Å²) >= 11 is 0. The van der Waals surface area contributed by atoms with E-state index in [1.165, 1.54) is 13.0 Å². The molecule has 30 heavy (non-hydrogen) atoms. The second kappa shape index (κ2) is 8.97. The third-order valence-corrected chi connectivity index (χ3v) is 4.52. The number of nitrogens with one attached hydrogen (secondary N) is 3. The lowest BCUT2D eigenvalue weighted by Crippen LogP contribution is -2.41. The fourth-order valence-electron chi connectivity index (χ4n) is 3.17. The van der Waals surface area contributed by atoms with E-state index in [9.17, 15) is 22.8 Å². The Morgan fingerprint density at radius 3 is 2.67 bits per heavy atom. The number of amides is 2. The molecule has 0 radical (unpaired) electrons. The SMILES string of the molecule is CC(=O)Nc1ccccc1Nc1nc(N[C@H]2CCCN(C=O)C2)ncc1C(F)(F)F. The van der Waals surface area contributed by atoms with Gasteiger partial charge in [0.25, 0.3) is 0 Å². The van der Waals surface area contributed by atoms with Gasteiger partial charge in [0.15, 0.2) is 0 Å². The summed E-state index contributed by atoms with van der Waals surface area (Å²) in [6.45, 7) is 2.36.